The Kier molecular flexibility index (Phi) is 11.2. The zero-order chi connectivity index (χ0) is 36.3. The smallest absolute Gasteiger partial charge is 0.200 e. The van der Waals surface area contributed by atoms with Crippen LogP contribution < -0.4 is 18.9 Å². The van der Waals surface area contributed by atoms with E-state index >= 15 is 0 Å². The first kappa shape index (κ1) is 36.5. The van der Waals surface area contributed by atoms with Gasteiger partial charge in [-0.25, -0.2) is 9.97 Å². The number of imidazole rings is 2. The van der Waals surface area contributed by atoms with Crippen molar-refractivity contribution in [3.63, 3.8) is 0 Å². The summed E-state index contributed by atoms with van der Waals surface area (Å²) in [6, 6.07) is 11.2. The van der Waals surface area contributed by atoms with Crippen LogP contribution >= 0.6 is 0 Å². The molecule has 0 radical (unpaired) electrons. The van der Waals surface area contributed by atoms with Gasteiger partial charge in [0.15, 0.2) is 10.3 Å². The predicted molar refractivity (Wildman–Crippen MR) is 195 cm³/mol. The summed E-state index contributed by atoms with van der Waals surface area (Å²) in [4.78, 5) is 17.9. The summed E-state index contributed by atoms with van der Waals surface area (Å²) in [7, 11) is 7.58. The molecule has 0 aliphatic carbocycles. The average molecular weight is 719 g/mol. The first-order chi connectivity index (χ1) is 23.9. The molecule has 0 amide bonds. The fourth-order valence-electron chi connectivity index (χ4n) is 5.78. The lowest BCUT2D eigenvalue weighted by atomic mass is 10.1. The molecule has 6 rings (SSSR count). The Bertz CT molecular complexity index is 2180. The molecule has 0 spiro atoms. The molecule has 14 heteroatoms. The van der Waals surface area contributed by atoms with Crippen molar-refractivity contribution in [2.45, 2.75) is 49.5 Å². The highest BCUT2D eigenvalue weighted by Gasteiger charge is 2.20. The third-order valence-electron chi connectivity index (χ3n) is 8.54. The molecule has 2 atom stereocenters. The second-order valence-corrected chi connectivity index (χ2v) is 14.4. The summed E-state index contributed by atoms with van der Waals surface area (Å²) in [6.07, 6.45) is 3.50. The number of pyridine rings is 2. The SMILES string of the molecule is COc1ccc2c(c1)nc(S(=O)Cc1ncc(C)c(OC)c1C)n2C.COc1ccc2nc(S(=O)Cc3ncc(C)c(OC)c3C)n(C)c2c1. The lowest BCUT2D eigenvalue weighted by Crippen LogP contribution is -2.07. The van der Waals surface area contributed by atoms with E-state index in [2.05, 4.69) is 19.9 Å². The number of rotatable bonds is 10. The molecule has 0 saturated heterocycles. The van der Waals surface area contributed by atoms with Crippen LogP contribution in [0.3, 0.4) is 0 Å². The van der Waals surface area contributed by atoms with Gasteiger partial charge in [-0.1, -0.05) is 0 Å². The Labute approximate surface area is 296 Å². The Morgan fingerprint density at radius 3 is 1.56 bits per heavy atom. The van der Waals surface area contributed by atoms with Gasteiger partial charge in [-0.15, -0.1) is 0 Å². The van der Waals surface area contributed by atoms with Gasteiger partial charge in [0, 0.05) is 60.9 Å². The lowest BCUT2D eigenvalue weighted by molar-refractivity contribution is 0.407. The van der Waals surface area contributed by atoms with Gasteiger partial charge in [-0.3, -0.25) is 18.4 Å². The van der Waals surface area contributed by atoms with Crippen molar-refractivity contribution < 1.29 is 27.4 Å². The molecule has 2 unspecified atom stereocenters. The second-order valence-electron chi connectivity index (χ2n) is 11.7. The standard InChI is InChI=1S/2C18H21N3O3S/c1-11-9-19-15(12(2)17(11)24-5)10-25(22)18-20-14-8-13(23-4)6-7-16(14)21(18)3;1-11-9-19-15(12(2)17(11)24-5)10-25(22)18-20-14-7-6-13(23-4)8-16(14)21(18)3/h2*6-9H,10H2,1-5H3. The highest BCUT2D eigenvalue weighted by Crippen LogP contribution is 2.29. The first-order valence-electron chi connectivity index (χ1n) is 15.7. The quantitative estimate of drug-likeness (QED) is 0.171. The summed E-state index contributed by atoms with van der Waals surface area (Å²) in [5.74, 6) is 3.62. The molecule has 4 aromatic heterocycles. The largest absolute Gasteiger partial charge is 0.497 e. The number of nitrogens with zero attached hydrogens (tertiary/aromatic N) is 6. The van der Waals surface area contributed by atoms with Crippen molar-refractivity contribution in [2.75, 3.05) is 28.4 Å². The molecule has 4 heterocycles. The topological polar surface area (TPSA) is 132 Å². The molecule has 0 saturated carbocycles. The normalized spacial score (nSPS) is 12.4. The Morgan fingerprint density at radius 1 is 0.600 bits per heavy atom. The molecular formula is C36H42N6O6S2. The van der Waals surface area contributed by atoms with E-state index in [0.29, 0.717) is 10.3 Å². The Morgan fingerprint density at radius 2 is 1.06 bits per heavy atom. The van der Waals surface area contributed by atoms with Crippen molar-refractivity contribution in [2.24, 2.45) is 14.1 Å². The fourth-order valence-corrected chi connectivity index (χ4v) is 8.32. The summed E-state index contributed by atoms with van der Waals surface area (Å²) in [5.41, 5.74) is 8.61. The molecule has 6 aromatic rings. The van der Waals surface area contributed by atoms with E-state index in [1.54, 1.807) is 40.8 Å². The maximum atomic E-state index is 12.9. The summed E-state index contributed by atoms with van der Waals surface area (Å²) < 4.78 is 50.9. The maximum absolute atomic E-state index is 12.9. The van der Waals surface area contributed by atoms with Gasteiger partial charge in [-0.05, 0) is 52.0 Å². The highest BCUT2D eigenvalue weighted by atomic mass is 32.2. The van der Waals surface area contributed by atoms with E-state index in [4.69, 9.17) is 18.9 Å². The first-order valence-corrected chi connectivity index (χ1v) is 18.3. The van der Waals surface area contributed by atoms with Gasteiger partial charge in [0.05, 0.1) is 95.0 Å². The zero-order valence-electron chi connectivity index (χ0n) is 30.0. The molecule has 0 aliphatic rings. The summed E-state index contributed by atoms with van der Waals surface area (Å²) in [5, 5.41) is 1.04. The predicted octanol–water partition coefficient (Wildman–Crippen LogP) is 5.82. The highest BCUT2D eigenvalue weighted by molar-refractivity contribution is 7.84. The molecule has 12 nitrogen and oxygen atoms in total. The number of ether oxygens (including phenoxy) is 4. The number of hydrogen-bond donors (Lipinski definition) is 0. The van der Waals surface area contributed by atoms with Crippen molar-refractivity contribution in [3.8, 4) is 23.0 Å². The number of benzene rings is 2. The molecule has 2 aromatic carbocycles. The van der Waals surface area contributed by atoms with Crippen molar-refractivity contribution >= 4 is 43.7 Å². The summed E-state index contributed by atoms with van der Waals surface area (Å²) in [6.45, 7) is 7.76. The summed E-state index contributed by atoms with van der Waals surface area (Å²) >= 11 is 0. The molecule has 50 heavy (non-hydrogen) atoms. The minimum Gasteiger partial charge on any atom is -0.497 e. The van der Waals surface area contributed by atoms with Crippen molar-refractivity contribution in [1.82, 2.24) is 29.1 Å². The number of hydrogen-bond acceptors (Lipinski definition) is 10. The van der Waals surface area contributed by atoms with Crippen LogP contribution in [0.2, 0.25) is 0 Å². The molecule has 0 fully saturated rings. The Balaban J connectivity index is 0.000000194. The van der Waals surface area contributed by atoms with Gasteiger partial charge >= 0.3 is 0 Å². The number of fused-ring (bicyclic) bond motifs is 2. The zero-order valence-corrected chi connectivity index (χ0v) is 31.6. The third-order valence-corrected chi connectivity index (χ3v) is 11.2. The fraction of sp³-hybridized carbons (Fsp3) is 0.333. The molecular weight excluding hydrogens is 677 g/mol. The van der Waals surface area contributed by atoms with E-state index < -0.39 is 21.6 Å². The molecule has 0 bridgehead atoms. The molecule has 0 N–H and O–H groups in total. The van der Waals surface area contributed by atoms with Crippen LogP contribution in [0.5, 0.6) is 23.0 Å². The monoisotopic (exact) mass is 718 g/mol. The van der Waals surface area contributed by atoms with Crippen LogP contribution in [0, 0.1) is 27.7 Å². The van der Waals surface area contributed by atoms with E-state index in [9.17, 15) is 8.42 Å². The number of aryl methyl sites for hydroxylation is 4. The third kappa shape index (κ3) is 7.22. The van der Waals surface area contributed by atoms with Gasteiger partial charge in [0.1, 0.15) is 23.0 Å². The van der Waals surface area contributed by atoms with Gasteiger partial charge < -0.3 is 28.1 Å². The van der Waals surface area contributed by atoms with Crippen LogP contribution in [0.25, 0.3) is 22.1 Å². The average Bonchev–Trinajstić information content (AvgIpc) is 3.63. The number of aromatic nitrogens is 6. The van der Waals surface area contributed by atoms with E-state index in [0.717, 1.165) is 78.7 Å². The molecule has 0 aliphatic heterocycles. The van der Waals surface area contributed by atoms with E-state index in [-0.39, 0.29) is 11.5 Å². The van der Waals surface area contributed by atoms with Crippen molar-refractivity contribution in [1.29, 1.82) is 0 Å². The van der Waals surface area contributed by atoms with Crippen molar-refractivity contribution in [3.05, 3.63) is 82.4 Å². The molecule has 264 valence electrons. The van der Waals surface area contributed by atoms with Gasteiger partial charge in [0.2, 0.25) is 0 Å². The van der Waals surface area contributed by atoms with Gasteiger partial charge in [0.25, 0.3) is 0 Å². The number of methoxy groups -OCH3 is 4. The van der Waals surface area contributed by atoms with Crippen LogP contribution in [0.15, 0.2) is 59.1 Å². The van der Waals surface area contributed by atoms with Crippen LogP contribution in [0.1, 0.15) is 33.6 Å². The van der Waals surface area contributed by atoms with E-state index in [1.807, 2.05) is 87.3 Å². The van der Waals surface area contributed by atoms with E-state index in [1.165, 1.54) is 0 Å². The lowest BCUT2D eigenvalue weighted by Gasteiger charge is -2.12. The Hall–Kier alpha value is -4.82. The second kappa shape index (κ2) is 15.4. The minimum absolute atomic E-state index is 0.288. The van der Waals surface area contributed by atoms with Crippen LogP contribution in [-0.2, 0) is 47.2 Å². The maximum Gasteiger partial charge on any atom is 0.200 e. The van der Waals surface area contributed by atoms with Crippen LogP contribution in [0.4, 0.5) is 0 Å². The van der Waals surface area contributed by atoms with Crippen LogP contribution in [-0.4, -0.2) is 65.9 Å². The van der Waals surface area contributed by atoms with Gasteiger partial charge in [-0.2, -0.15) is 0 Å². The minimum atomic E-state index is -1.32.